The standard InChI is InChI=1S/C13H21N3O3/c1-11(16-10-6-9-15-16)13(19)14-8-5-3-2-4-7-12(17)18/h6,9-11H,2-5,7-8H2,1H3,(H,14,19)(H,17,18). The van der Waals surface area contributed by atoms with Crippen molar-refractivity contribution in [3.63, 3.8) is 0 Å². The van der Waals surface area contributed by atoms with Gasteiger partial charge in [0.1, 0.15) is 6.04 Å². The molecule has 0 saturated heterocycles. The van der Waals surface area contributed by atoms with Crippen LogP contribution in [0.2, 0.25) is 0 Å². The van der Waals surface area contributed by atoms with E-state index in [0.717, 1.165) is 19.3 Å². The van der Waals surface area contributed by atoms with Gasteiger partial charge in [-0.1, -0.05) is 12.8 Å². The first kappa shape index (κ1) is 15.2. The van der Waals surface area contributed by atoms with Crippen LogP contribution in [0.5, 0.6) is 0 Å². The van der Waals surface area contributed by atoms with Gasteiger partial charge in [-0.3, -0.25) is 14.3 Å². The summed E-state index contributed by atoms with van der Waals surface area (Å²) in [5, 5.41) is 15.4. The lowest BCUT2D eigenvalue weighted by Crippen LogP contribution is -2.31. The number of carboxylic acid groups (broad SMARTS) is 1. The van der Waals surface area contributed by atoms with Crippen molar-refractivity contribution in [2.45, 2.75) is 45.1 Å². The average molecular weight is 267 g/mol. The van der Waals surface area contributed by atoms with Crippen molar-refractivity contribution in [2.75, 3.05) is 6.54 Å². The minimum atomic E-state index is -0.749. The second kappa shape index (κ2) is 8.29. The monoisotopic (exact) mass is 267 g/mol. The Labute approximate surface area is 112 Å². The first-order chi connectivity index (χ1) is 9.11. The third kappa shape index (κ3) is 6.03. The van der Waals surface area contributed by atoms with E-state index in [2.05, 4.69) is 10.4 Å². The SMILES string of the molecule is CC(C(=O)NCCCCCCC(=O)O)n1cccn1. The number of aliphatic carboxylic acids is 1. The molecular weight excluding hydrogens is 246 g/mol. The van der Waals surface area contributed by atoms with Crippen LogP contribution >= 0.6 is 0 Å². The van der Waals surface area contributed by atoms with Crippen molar-refractivity contribution in [1.82, 2.24) is 15.1 Å². The zero-order valence-electron chi connectivity index (χ0n) is 11.2. The Bertz CT molecular complexity index is 390. The van der Waals surface area contributed by atoms with E-state index < -0.39 is 5.97 Å². The van der Waals surface area contributed by atoms with Gasteiger partial charge in [-0.15, -0.1) is 0 Å². The largest absolute Gasteiger partial charge is 0.481 e. The van der Waals surface area contributed by atoms with E-state index in [9.17, 15) is 9.59 Å². The average Bonchev–Trinajstić information content (AvgIpc) is 2.89. The molecule has 2 N–H and O–H groups in total. The molecule has 0 spiro atoms. The maximum atomic E-state index is 11.8. The van der Waals surface area contributed by atoms with E-state index in [0.29, 0.717) is 13.0 Å². The number of rotatable bonds is 9. The van der Waals surface area contributed by atoms with Gasteiger partial charge in [-0.2, -0.15) is 5.10 Å². The summed E-state index contributed by atoms with van der Waals surface area (Å²) in [6.07, 6.45) is 7.02. The Morgan fingerprint density at radius 3 is 2.68 bits per heavy atom. The molecule has 1 atom stereocenters. The lowest BCUT2D eigenvalue weighted by molar-refractivity contribution is -0.137. The van der Waals surface area contributed by atoms with E-state index in [1.54, 1.807) is 30.1 Å². The summed E-state index contributed by atoms with van der Waals surface area (Å²) in [5.74, 6) is -0.796. The van der Waals surface area contributed by atoms with E-state index in [-0.39, 0.29) is 18.4 Å². The Morgan fingerprint density at radius 1 is 1.32 bits per heavy atom. The van der Waals surface area contributed by atoms with Gasteiger partial charge in [0.15, 0.2) is 0 Å². The molecule has 1 amide bonds. The fraction of sp³-hybridized carbons (Fsp3) is 0.615. The van der Waals surface area contributed by atoms with Crippen LogP contribution in [0, 0.1) is 0 Å². The second-order valence-corrected chi connectivity index (χ2v) is 4.51. The summed E-state index contributed by atoms with van der Waals surface area (Å²) in [6.45, 7) is 2.42. The van der Waals surface area contributed by atoms with Crippen LogP contribution in [0.15, 0.2) is 18.5 Å². The Hall–Kier alpha value is -1.85. The number of hydrogen-bond donors (Lipinski definition) is 2. The third-order valence-corrected chi connectivity index (χ3v) is 2.92. The van der Waals surface area contributed by atoms with E-state index in [1.165, 1.54) is 0 Å². The molecule has 0 aromatic carbocycles. The quantitative estimate of drug-likeness (QED) is 0.665. The van der Waals surface area contributed by atoms with E-state index in [4.69, 9.17) is 5.11 Å². The topological polar surface area (TPSA) is 84.2 Å². The predicted molar refractivity (Wildman–Crippen MR) is 70.7 cm³/mol. The summed E-state index contributed by atoms with van der Waals surface area (Å²) in [7, 11) is 0. The molecule has 0 aliphatic carbocycles. The smallest absolute Gasteiger partial charge is 0.303 e. The summed E-state index contributed by atoms with van der Waals surface area (Å²) < 4.78 is 1.61. The highest BCUT2D eigenvalue weighted by atomic mass is 16.4. The summed E-state index contributed by atoms with van der Waals surface area (Å²) >= 11 is 0. The fourth-order valence-corrected chi connectivity index (χ4v) is 1.74. The predicted octanol–water partition coefficient (Wildman–Crippen LogP) is 1.60. The van der Waals surface area contributed by atoms with Gasteiger partial charge in [0.2, 0.25) is 5.91 Å². The molecule has 6 heteroatoms. The maximum Gasteiger partial charge on any atom is 0.303 e. The van der Waals surface area contributed by atoms with Crippen LogP contribution in [-0.4, -0.2) is 33.3 Å². The number of carboxylic acids is 1. The van der Waals surface area contributed by atoms with Gasteiger partial charge in [0, 0.05) is 25.4 Å². The van der Waals surface area contributed by atoms with Crippen LogP contribution in [0.1, 0.15) is 45.1 Å². The van der Waals surface area contributed by atoms with Crippen LogP contribution in [0.3, 0.4) is 0 Å². The lowest BCUT2D eigenvalue weighted by Gasteiger charge is -2.12. The van der Waals surface area contributed by atoms with Gasteiger partial charge in [0.25, 0.3) is 0 Å². The van der Waals surface area contributed by atoms with Gasteiger partial charge in [-0.05, 0) is 25.8 Å². The summed E-state index contributed by atoms with van der Waals surface area (Å²) in [5.41, 5.74) is 0. The molecule has 1 aromatic rings. The Morgan fingerprint density at radius 2 is 2.05 bits per heavy atom. The molecule has 1 aromatic heterocycles. The highest BCUT2D eigenvalue weighted by Crippen LogP contribution is 2.04. The van der Waals surface area contributed by atoms with Crippen molar-refractivity contribution in [1.29, 1.82) is 0 Å². The normalized spacial score (nSPS) is 12.1. The molecule has 0 aliphatic heterocycles. The number of aromatic nitrogens is 2. The molecule has 0 bridgehead atoms. The van der Waals surface area contributed by atoms with Crippen molar-refractivity contribution < 1.29 is 14.7 Å². The first-order valence-electron chi connectivity index (χ1n) is 6.60. The number of unbranched alkanes of at least 4 members (excludes halogenated alkanes) is 3. The first-order valence-corrected chi connectivity index (χ1v) is 6.60. The molecule has 19 heavy (non-hydrogen) atoms. The molecule has 1 rings (SSSR count). The van der Waals surface area contributed by atoms with E-state index in [1.807, 2.05) is 0 Å². The molecule has 106 valence electrons. The maximum absolute atomic E-state index is 11.8. The molecule has 0 fully saturated rings. The summed E-state index contributed by atoms with van der Waals surface area (Å²) in [4.78, 5) is 22.1. The van der Waals surface area contributed by atoms with Crippen molar-refractivity contribution in [2.24, 2.45) is 0 Å². The Kier molecular flexibility index (Phi) is 6.63. The molecular formula is C13H21N3O3. The molecule has 6 nitrogen and oxygen atoms in total. The molecule has 0 saturated carbocycles. The van der Waals surface area contributed by atoms with E-state index >= 15 is 0 Å². The van der Waals surface area contributed by atoms with Crippen LogP contribution < -0.4 is 5.32 Å². The number of hydrogen-bond acceptors (Lipinski definition) is 3. The minimum Gasteiger partial charge on any atom is -0.481 e. The van der Waals surface area contributed by atoms with Crippen molar-refractivity contribution >= 4 is 11.9 Å². The number of carbonyl (C=O) groups is 2. The number of carbonyl (C=O) groups excluding carboxylic acids is 1. The van der Waals surface area contributed by atoms with Crippen molar-refractivity contribution in [3.8, 4) is 0 Å². The van der Waals surface area contributed by atoms with Crippen LogP contribution in [0.4, 0.5) is 0 Å². The minimum absolute atomic E-state index is 0.0470. The van der Waals surface area contributed by atoms with Gasteiger partial charge >= 0.3 is 5.97 Å². The van der Waals surface area contributed by atoms with Gasteiger partial charge in [-0.25, -0.2) is 0 Å². The molecule has 1 unspecified atom stereocenters. The molecule has 0 aliphatic rings. The highest BCUT2D eigenvalue weighted by Gasteiger charge is 2.13. The summed E-state index contributed by atoms with van der Waals surface area (Å²) in [6, 6.07) is 1.48. The van der Waals surface area contributed by atoms with Gasteiger partial charge in [0.05, 0.1) is 0 Å². The zero-order valence-corrected chi connectivity index (χ0v) is 11.2. The van der Waals surface area contributed by atoms with Crippen LogP contribution in [-0.2, 0) is 9.59 Å². The number of amides is 1. The molecule has 1 heterocycles. The van der Waals surface area contributed by atoms with Gasteiger partial charge < -0.3 is 10.4 Å². The number of nitrogens with zero attached hydrogens (tertiary/aromatic N) is 2. The highest BCUT2D eigenvalue weighted by molar-refractivity contribution is 5.79. The zero-order chi connectivity index (χ0) is 14.1. The number of nitrogens with one attached hydrogen (secondary N) is 1. The molecule has 0 radical (unpaired) electrons. The lowest BCUT2D eigenvalue weighted by atomic mass is 10.1. The second-order valence-electron chi connectivity index (χ2n) is 4.51. The Balaban J connectivity index is 2.06. The van der Waals surface area contributed by atoms with Crippen molar-refractivity contribution in [3.05, 3.63) is 18.5 Å². The fourth-order valence-electron chi connectivity index (χ4n) is 1.74. The van der Waals surface area contributed by atoms with Crippen LogP contribution in [0.25, 0.3) is 0 Å². The third-order valence-electron chi connectivity index (χ3n) is 2.92.